The molecule has 0 bridgehead atoms. The molecule has 0 aliphatic heterocycles. The maximum atomic E-state index is 11.0. The van der Waals surface area contributed by atoms with Gasteiger partial charge < -0.3 is 4.74 Å². The summed E-state index contributed by atoms with van der Waals surface area (Å²) < 4.78 is 4.66. The predicted octanol–water partition coefficient (Wildman–Crippen LogP) is 1.37. The zero-order valence-electron chi connectivity index (χ0n) is 7.59. The minimum atomic E-state index is -1.09. The molecule has 0 unspecified atom stereocenters. The van der Waals surface area contributed by atoms with Gasteiger partial charge in [-0.3, -0.25) is 5.26 Å². The Hall–Kier alpha value is -0.870. The Kier molecular flexibility index (Phi) is 3.92. The van der Waals surface area contributed by atoms with Crippen molar-refractivity contribution < 1.29 is 19.7 Å². The number of ether oxygens (including phenoxy) is 1. The molecular formula is C8H14O4. The predicted molar refractivity (Wildman–Crippen MR) is 43.6 cm³/mol. The minimum Gasteiger partial charge on any atom is -0.463 e. The van der Waals surface area contributed by atoms with Crippen molar-refractivity contribution in [2.45, 2.75) is 26.4 Å². The van der Waals surface area contributed by atoms with Gasteiger partial charge in [-0.05, 0) is 20.8 Å². The molecule has 0 amide bonds. The Balaban J connectivity index is 4.29. The van der Waals surface area contributed by atoms with Gasteiger partial charge in [0.2, 0.25) is 0 Å². The third-order valence-electron chi connectivity index (χ3n) is 1.48. The third-order valence-corrected chi connectivity index (χ3v) is 1.48. The smallest absolute Gasteiger partial charge is 0.336 e. The van der Waals surface area contributed by atoms with Gasteiger partial charge in [-0.1, -0.05) is 6.58 Å². The first-order valence-electron chi connectivity index (χ1n) is 3.64. The molecular weight excluding hydrogens is 160 g/mol. The summed E-state index contributed by atoms with van der Waals surface area (Å²) in [4.78, 5) is 15.1. The monoisotopic (exact) mass is 174 g/mol. The van der Waals surface area contributed by atoms with E-state index in [0.29, 0.717) is 0 Å². The van der Waals surface area contributed by atoms with Crippen molar-refractivity contribution in [3.63, 3.8) is 0 Å². The number of esters is 1. The van der Waals surface area contributed by atoms with E-state index in [1.807, 2.05) is 0 Å². The van der Waals surface area contributed by atoms with E-state index in [1.165, 1.54) is 13.8 Å². The van der Waals surface area contributed by atoms with Crippen molar-refractivity contribution in [1.82, 2.24) is 0 Å². The Labute approximate surface area is 71.7 Å². The van der Waals surface area contributed by atoms with Gasteiger partial charge in [0.1, 0.15) is 5.60 Å². The SMILES string of the molecule is C=C(C(=O)OCC)C(C)(C)OO. The van der Waals surface area contributed by atoms with Gasteiger partial charge in [0.25, 0.3) is 0 Å². The Morgan fingerprint density at radius 2 is 2.08 bits per heavy atom. The number of rotatable bonds is 4. The molecule has 0 heterocycles. The zero-order valence-corrected chi connectivity index (χ0v) is 7.59. The molecule has 0 aliphatic carbocycles. The van der Waals surface area contributed by atoms with Gasteiger partial charge in [0.05, 0.1) is 12.2 Å². The molecule has 0 aromatic heterocycles. The van der Waals surface area contributed by atoms with E-state index >= 15 is 0 Å². The van der Waals surface area contributed by atoms with E-state index < -0.39 is 11.6 Å². The average molecular weight is 174 g/mol. The van der Waals surface area contributed by atoms with Crippen LogP contribution in [0.4, 0.5) is 0 Å². The fourth-order valence-corrected chi connectivity index (χ4v) is 0.519. The first kappa shape index (κ1) is 11.1. The first-order valence-corrected chi connectivity index (χ1v) is 3.64. The van der Waals surface area contributed by atoms with Crippen LogP contribution in [-0.2, 0) is 14.4 Å². The van der Waals surface area contributed by atoms with E-state index in [-0.39, 0.29) is 12.2 Å². The second-order valence-corrected chi connectivity index (χ2v) is 2.80. The molecule has 12 heavy (non-hydrogen) atoms. The summed E-state index contributed by atoms with van der Waals surface area (Å²) in [5.41, 5.74) is -1.00. The molecule has 0 saturated carbocycles. The van der Waals surface area contributed by atoms with Gasteiger partial charge in [-0.2, -0.15) is 0 Å². The van der Waals surface area contributed by atoms with Crippen LogP contribution in [0.3, 0.4) is 0 Å². The van der Waals surface area contributed by atoms with Crippen molar-refractivity contribution in [2.24, 2.45) is 0 Å². The standard InChI is InChI=1S/C8H14O4/c1-5-11-7(9)6(2)8(3,4)12-10/h10H,2,5H2,1,3-4H3. The number of hydrogen-bond donors (Lipinski definition) is 1. The lowest BCUT2D eigenvalue weighted by molar-refractivity contribution is -0.300. The molecule has 0 aromatic carbocycles. The highest BCUT2D eigenvalue weighted by molar-refractivity contribution is 5.89. The summed E-state index contributed by atoms with van der Waals surface area (Å²) in [6.07, 6.45) is 0. The molecule has 0 radical (unpaired) electrons. The number of carbonyl (C=O) groups is 1. The average Bonchev–Trinajstić information content (AvgIpc) is 2.03. The Morgan fingerprint density at radius 3 is 2.42 bits per heavy atom. The summed E-state index contributed by atoms with van der Waals surface area (Å²) in [5.74, 6) is -0.559. The number of carbonyl (C=O) groups excluding carboxylic acids is 1. The fraction of sp³-hybridized carbons (Fsp3) is 0.625. The van der Waals surface area contributed by atoms with Crippen molar-refractivity contribution in [3.05, 3.63) is 12.2 Å². The van der Waals surface area contributed by atoms with Crippen molar-refractivity contribution in [1.29, 1.82) is 0 Å². The van der Waals surface area contributed by atoms with Crippen LogP contribution in [0.2, 0.25) is 0 Å². The molecule has 1 N–H and O–H groups in total. The van der Waals surface area contributed by atoms with Crippen LogP contribution in [-0.4, -0.2) is 23.4 Å². The van der Waals surface area contributed by atoms with Crippen LogP contribution in [0.1, 0.15) is 20.8 Å². The first-order chi connectivity index (χ1) is 5.45. The summed E-state index contributed by atoms with van der Waals surface area (Å²) >= 11 is 0. The molecule has 0 fully saturated rings. The van der Waals surface area contributed by atoms with Gasteiger partial charge in [0, 0.05) is 0 Å². The van der Waals surface area contributed by atoms with E-state index in [2.05, 4.69) is 16.2 Å². The highest BCUT2D eigenvalue weighted by atomic mass is 17.1. The second kappa shape index (κ2) is 4.23. The van der Waals surface area contributed by atoms with Crippen molar-refractivity contribution >= 4 is 5.97 Å². The molecule has 0 saturated heterocycles. The van der Waals surface area contributed by atoms with Gasteiger partial charge >= 0.3 is 5.97 Å². The number of hydrogen-bond acceptors (Lipinski definition) is 4. The zero-order chi connectivity index (χ0) is 9.78. The van der Waals surface area contributed by atoms with Crippen LogP contribution in [0.15, 0.2) is 12.2 Å². The van der Waals surface area contributed by atoms with Crippen LogP contribution in [0.25, 0.3) is 0 Å². The van der Waals surface area contributed by atoms with E-state index in [9.17, 15) is 4.79 Å². The summed E-state index contributed by atoms with van der Waals surface area (Å²) in [5, 5.41) is 8.41. The molecule has 0 spiro atoms. The molecule has 70 valence electrons. The van der Waals surface area contributed by atoms with Gasteiger partial charge in [0.15, 0.2) is 0 Å². The van der Waals surface area contributed by atoms with E-state index in [4.69, 9.17) is 5.26 Å². The third kappa shape index (κ3) is 2.64. The molecule has 0 rings (SSSR count). The largest absolute Gasteiger partial charge is 0.463 e. The lowest BCUT2D eigenvalue weighted by atomic mass is 10.0. The maximum absolute atomic E-state index is 11.0. The maximum Gasteiger partial charge on any atom is 0.336 e. The van der Waals surface area contributed by atoms with Crippen molar-refractivity contribution in [2.75, 3.05) is 6.61 Å². The van der Waals surface area contributed by atoms with Gasteiger partial charge in [-0.25, -0.2) is 9.68 Å². The summed E-state index contributed by atoms with van der Waals surface area (Å²) in [6.45, 7) is 8.47. The van der Waals surface area contributed by atoms with Crippen LogP contribution >= 0.6 is 0 Å². The molecule has 0 atom stereocenters. The Bertz CT molecular complexity index is 183. The van der Waals surface area contributed by atoms with Crippen LogP contribution < -0.4 is 0 Å². The topological polar surface area (TPSA) is 55.8 Å². The summed E-state index contributed by atoms with van der Waals surface area (Å²) in [7, 11) is 0. The van der Waals surface area contributed by atoms with Crippen LogP contribution in [0, 0.1) is 0 Å². The van der Waals surface area contributed by atoms with E-state index in [0.717, 1.165) is 0 Å². The fourth-order valence-electron chi connectivity index (χ4n) is 0.519. The summed E-state index contributed by atoms with van der Waals surface area (Å²) in [6, 6.07) is 0. The molecule has 4 nitrogen and oxygen atoms in total. The lowest BCUT2D eigenvalue weighted by Gasteiger charge is -2.21. The molecule has 0 aliphatic rings. The second-order valence-electron chi connectivity index (χ2n) is 2.80. The molecule has 4 heteroatoms. The quantitative estimate of drug-likeness (QED) is 0.303. The van der Waals surface area contributed by atoms with Crippen LogP contribution in [0.5, 0.6) is 0 Å². The lowest BCUT2D eigenvalue weighted by Crippen LogP contribution is -2.30. The minimum absolute atomic E-state index is 0.0897. The Morgan fingerprint density at radius 1 is 1.58 bits per heavy atom. The van der Waals surface area contributed by atoms with Crippen molar-refractivity contribution in [3.8, 4) is 0 Å². The highest BCUT2D eigenvalue weighted by Gasteiger charge is 2.29. The molecule has 0 aromatic rings. The highest BCUT2D eigenvalue weighted by Crippen LogP contribution is 2.18. The normalized spacial score (nSPS) is 11.0. The van der Waals surface area contributed by atoms with E-state index in [1.54, 1.807) is 6.92 Å². The van der Waals surface area contributed by atoms with Gasteiger partial charge in [-0.15, -0.1) is 0 Å².